The molecule has 4 heteroatoms. The van der Waals surface area contributed by atoms with Gasteiger partial charge in [-0.25, -0.2) is 0 Å². The molecule has 4 nitrogen and oxygen atoms in total. The third kappa shape index (κ3) is 3.21. The van der Waals surface area contributed by atoms with Crippen molar-refractivity contribution in [1.82, 2.24) is 0 Å². The Morgan fingerprint density at radius 3 is 2.39 bits per heavy atom. The summed E-state index contributed by atoms with van der Waals surface area (Å²) in [6.45, 7) is 0.479. The molecule has 1 heterocycles. The van der Waals surface area contributed by atoms with E-state index < -0.39 is 0 Å². The molecule has 0 radical (unpaired) electrons. The Morgan fingerprint density at radius 2 is 1.70 bits per heavy atom. The second kappa shape index (κ2) is 6.57. The Labute approximate surface area is 135 Å². The summed E-state index contributed by atoms with van der Waals surface area (Å²) < 4.78 is 16.0. The van der Waals surface area contributed by atoms with Crippen LogP contribution in [0.15, 0.2) is 48.0 Å². The molecule has 0 atom stereocenters. The van der Waals surface area contributed by atoms with E-state index in [9.17, 15) is 4.79 Å². The van der Waals surface area contributed by atoms with Gasteiger partial charge in [0.2, 0.25) is 0 Å². The van der Waals surface area contributed by atoms with E-state index in [2.05, 4.69) is 0 Å². The van der Waals surface area contributed by atoms with Crippen molar-refractivity contribution in [3.63, 3.8) is 0 Å². The van der Waals surface area contributed by atoms with E-state index in [-0.39, 0.29) is 5.78 Å². The van der Waals surface area contributed by atoms with Gasteiger partial charge in [0, 0.05) is 12.0 Å². The van der Waals surface area contributed by atoms with Crippen LogP contribution < -0.4 is 14.2 Å². The molecule has 0 unspecified atom stereocenters. The normalized spacial score (nSPS) is 15.6. The van der Waals surface area contributed by atoms with Crippen molar-refractivity contribution in [2.75, 3.05) is 20.8 Å². The maximum Gasteiger partial charge on any atom is 0.193 e. The number of carbonyl (C=O) groups is 1. The zero-order valence-electron chi connectivity index (χ0n) is 13.2. The van der Waals surface area contributed by atoms with Crippen molar-refractivity contribution in [2.45, 2.75) is 6.42 Å². The van der Waals surface area contributed by atoms with Crippen LogP contribution in [0.4, 0.5) is 0 Å². The third-order valence-electron chi connectivity index (χ3n) is 3.81. The van der Waals surface area contributed by atoms with Gasteiger partial charge in [0.05, 0.1) is 26.4 Å². The van der Waals surface area contributed by atoms with Crippen molar-refractivity contribution >= 4 is 11.9 Å². The molecule has 23 heavy (non-hydrogen) atoms. The number of carbonyl (C=O) groups excluding carboxylic acids is 1. The standard InChI is InChI=1S/C19H18O4/c1-21-15-5-3-13(4-6-15)11-14-9-10-23-18-8-7-16(22-2)12-17(18)19(14)20/h3-8,11-12H,9-10H2,1-2H3/b14-11+. The van der Waals surface area contributed by atoms with Gasteiger partial charge in [0.15, 0.2) is 5.78 Å². The summed E-state index contributed by atoms with van der Waals surface area (Å²) in [6.07, 6.45) is 2.47. The van der Waals surface area contributed by atoms with E-state index in [1.165, 1.54) is 0 Å². The minimum atomic E-state index is -0.0211. The van der Waals surface area contributed by atoms with Gasteiger partial charge in [-0.2, -0.15) is 0 Å². The number of rotatable bonds is 3. The number of ketones is 1. The lowest BCUT2D eigenvalue weighted by Gasteiger charge is -2.07. The Balaban J connectivity index is 1.96. The van der Waals surface area contributed by atoms with E-state index in [1.54, 1.807) is 32.4 Å². The van der Waals surface area contributed by atoms with Crippen molar-refractivity contribution in [1.29, 1.82) is 0 Å². The summed E-state index contributed by atoms with van der Waals surface area (Å²) >= 11 is 0. The number of ether oxygens (including phenoxy) is 3. The highest BCUT2D eigenvalue weighted by atomic mass is 16.5. The smallest absolute Gasteiger partial charge is 0.193 e. The predicted molar refractivity (Wildman–Crippen MR) is 88.4 cm³/mol. The van der Waals surface area contributed by atoms with Crippen molar-refractivity contribution in [3.05, 3.63) is 59.2 Å². The second-order valence-corrected chi connectivity index (χ2v) is 5.23. The summed E-state index contributed by atoms with van der Waals surface area (Å²) in [5.74, 6) is 2.02. The zero-order valence-corrected chi connectivity index (χ0v) is 13.2. The lowest BCUT2D eigenvalue weighted by molar-refractivity contribution is 0.103. The van der Waals surface area contributed by atoms with Crippen LogP contribution in [0.1, 0.15) is 22.3 Å². The van der Waals surface area contributed by atoms with E-state index in [0.29, 0.717) is 30.1 Å². The van der Waals surface area contributed by atoms with Crippen molar-refractivity contribution < 1.29 is 19.0 Å². The lowest BCUT2D eigenvalue weighted by atomic mass is 9.99. The first-order valence-corrected chi connectivity index (χ1v) is 7.41. The Morgan fingerprint density at radius 1 is 1.00 bits per heavy atom. The van der Waals surface area contributed by atoms with Crippen LogP contribution >= 0.6 is 0 Å². The summed E-state index contributed by atoms with van der Waals surface area (Å²) in [4.78, 5) is 12.8. The monoisotopic (exact) mass is 310 g/mol. The first-order chi connectivity index (χ1) is 11.2. The van der Waals surface area contributed by atoms with Gasteiger partial charge in [0.25, 0.3) is 0 Å². The zero-order chi connectivity index (χ0) is 16.2. The van der Waals surface area contributed by atoms with Gasteiger partial charge in [-0.05, 0) is 42.0 Å². The topological polar surface area (TPSA) is 44.8 Å². The number of methoxy groups -OCH3 is 2. The van der Waals surface area contributed by atoms with Gasteiger partial charge >= 0.3 is 0 Å². The molecular formula is C19H18O4. The molecule has 0 aliphatic carbocycles. The number of hydrogen-bond donors (Lipinski definition) is 0. The first-order valence-electron chi connectivity index (χ1n) is 7.41. The maximum absolute atomic E-state index is 12.8. The lowest BCUT2D eigenvalue weighted by Crippen LogP contribution is -2.02. The minimum absolute atomic E-state index is 0.0211. The summed E-state index contributed by atoms with van der Waals surface area (Å²) in [7, 11) is 3.21. The van der Waals surface area contributed by atoms with E-state index >= 15 is 0 Å². The van der Waals surface area contributed by atoms with Gasteiger partial charge in [-0.1, -0.05) is 12.1 Å². The molecule has 0 saturated carbocycles. The molecule has 1 aliphatic rings. The second-order valence-electron chi connectivity index (χ2n) is 5.23. The van der Waals surface area contributed by atoms with Crippen molar-refractivity contribution in [2.24, 2.45) is 0 Å². The minimum Gasteiger partial charge on any atom is -0.497 e. The molecule has 0 fully saturated rings. The number of benzene rings is 2. The van der Waals surface area contributed by atoms with E-state index in [0.717, 1.165) is 16.9 Å². The predicted octanol–water partition coefficient (Wildman–Crippen LogP) is 3.75. The van der Waals surface area contributed by atoms with Gasteiger partial charge < -0.3 is 14.2 Å². The molecule has 3 rings (SSSR count). The fourth-order valence-corrected chi connectivity index (χ4v) is 2.54. The molecule has 118 valence electrons. The molecule has 0 spiro atoms. The molecule has 0 N–H and O–H groups in total. The molecule has 2 aromatic rings. The Hall–Kier alpha value is -2.75. The maximum atomic E-state index is 12.8. The van der Waals surface area contributed by atoms with Crippen LogP contribution in [0.2, 0.25) is 0 Å². The fraction of sp³-hybridized carbons (Fsp3) is 0.211. The highest BCUT2D eigenvalue weighted by Crippen LogP contribution is 2.31. The van der Waals surface area contributed by atoms with Crippen LogP contribution in [0.3, 0.4) is 0 Å². The third-order valence-corrected chi connectivity index (χ3v) is 3.81. The molecule has 1 aliphatic heterocycles. The molecule has 0 aromatic heterocycles. The van der Waals surface area contributed by atoms with Crippen LogP contribution in [-0.2, 0) is 0 Å². The van der Waals surface area contributed by atoms with Gasteiger partial charge in [-0.3, -0.25) is 4.79 Å². The highest BCUT2D eigenvalue weighted by Gasteiger charge is 2.21. The average molecular weight is 310 g/mol. The summed E-state index contributed by atoms with van der Waals surface area (Å²) in [6, 6.07) is 12.9. The Bertz CT molecular complexity index is 744. The molecule has 2 aromatic carbocycles. The molecule has 0 saturated heterocycles. The largest absolute Gasteiger partial charge is 0.497 e. The van der Waals surface area contributed by atoms with Gasteiger partial charge in [0.1, 0.15) is 17.2 Å². The number of hydrogen-bond acceptors (Lipinski definition) is 4. The first kappa shape index (κ1) is 15.2. The average Bonchev–Trinajstić information content (AvgIpc) is 2.75. The molecular weight excluding hydrogens is 292 g/mol. The van der Waals surface area contributed by atoms with Crippen LogP contribution in [-0.4, -0.2) is 26.6 Å². The van der Waals surface area contributed by atoms with Crippen molar-refractivity contribution in [3.8, 4) is 17.2 Å². The number of Topliss-reactive ketones (excluding diaryl/α,β-unsaturated/α-hetero) is 1. The molecule has 0 bridgehead atoms. The summed E-state index contributed by atoms with van der Waals surface area (Å²) in [5, 5.41) is 0. The fourth-order valence-electron chi connectivity index (χ4n) is 2.54. The molecule has 0 amide bonds. The quantitative estimate of drug-likeness (QED) is 0.810. The van der Waals surface area contributed by atoms with E-state index in [1.807, 2.05) is 30.3 Å². The van der Waals surface area contributed by atoms with Gasteiger partial charge in [-0.15, -0.1) is 0 Å². The highest BCUT2D eigenvalue weighted by molar-refractivity contribution is 6.13. The van der Waals surface area contributed by atoms with Crippen LogP contribution in [0, 0.1) is 0 Å². The summed E-state index contributed by atoms with van der Waals surface area (Å²) in [5.41, 5.74) is 2.23. The van der Waals surface area contributed by atoms with E-state index in [4.69, 9.17) is 14.2 Å². The SMILES string of the molecule is COc1ccc(/C=C2\CCOc3ccc(OC)cc3C2=O)cc1. The van der Waals surface area contributed by atoms with Crippen LogP contribution in [0.5, 0.6) is 17.2 Å². The number of fused-ring (bicyclic) bond motifs is 1. The van der Waals surface area contributed by atoms with Crippen LogP contribution in [0.25, 0.3) is 6.08 Å². The Kier molecular flexibility index (Phi) is 4.33.